The fraction of sp³-hybridized carbons (Fsp3) is 0.0714. The average molecular weight is 450 g/mol. The van der Waals surface area contributed by atoms with Gasteiger partial charge in [-0.25, -0.2) is 0 Å². The van der Waals surface area contributed by atoms with Crippen LogP contribution in [0.2, 0.25) is 0 Å². The molecule has 0 aliphatic rings. The smallest absolute Gasteiger partial charge is 0.263 e. The Morgan fingerprint density at radius 2 is 1.30 bits per heavy atom. The van der Waals surface area contributed by atoms with Crippen molar-refractivity contribution in [1.29, 1.82) is 0 Å². The Hall–Kier alpha value is -3.96. The fourth-order valence-electron chi connectivity index (χ4n) is 4.22. The third-order valence-corrected chi connectivity index (χ3v) is 6.23. The Morgan fingerprint density at radius 1 is 0.758 bits per heavy atom. The molecule has 0 unspecified atom stereocenters. The van der Waals surface area contributed by atoms with E-state index in [1.807, 2.05) is 116 Å². The third kappa shape index (κ3) is 3.99. The highest BCUT2D eigenvalue weighted by atomic mass is 32.1. The molecule has 1 N–H and O–H groups in total. The lowest BCUT2D eigenvalue weighted by molar-refractivity contribution is 0.633. The number of nitrogens with zero attached hydrogens (tertiary/aromatic N) is 2. The molecule has 33 heavy (non-hydrogen) atoms. The number of para-hydroxylation sites is 1. The summed E-state index contributed by atoms with van der Waals surface area (Å²) in [5.74, 6) is 0. The maximum Gasteiger partial charge on any atom is 0.263 e. The standard InChI is InChI=1S/C28H23N3OS/c1-30(22-15-9-4-10-16-22)23-17-18-25-24(19-23)27(32)31(28(33)29-25)26(20-11-5-2-6-12-20)21-13-7-3-8-14-21/h2-19,26H,1H3,(H,29,33). The number of anilines is 2. The quantitative estimate of drug-likeness (QED) is 0.313. The average Bonchev–Trinajstić information content (AvgIpc) is 2.87. The van der Waals surface area contributed by atoms with Gasteiger partial charge in [-0.15, -0.1) is 0 Å². The second-order valence-electron chi connectivity index (χ2n) is 7.95. The Labute approximate surface area is 197 Å². The molecule has 0 bridgehead atoms. The minimum absolute atomic E-state index is 0.116. The summed E-state index contributed by atoms with van der Waals surface area (Å²) in [5.41, 5.74) is 4.59. The third-order valence-electron chi connectivity index (χ3n) is 5.93. The highest BCUT2D eigenvalue weighted by Crippen LogP contribution is 2.28. The molecule has 1 aromatic heterocycles. The minimum Gasteiger partial charge on any atom is -0.345 e. The van der Waals surface area contributed by atoms with E-state index in [1.165, 1.54) is 0 Å². The number of aromatic amines is 1. The molecule has 5 aromatic rings. The first-order valence-corrected chi connectivity index (χ1v) is 11.2. The molecule has 0 saturated heterocycles. The molecule has 5 heteroatoms. The molecule has 0 amide bonds. The maximum absolute atomic E-state index is 13.9. The highest BCUT2D eigenvalue weighted by Gasteiger charge is 2.20. The van der Waals surface area contributed by atoms with Crippen molar-refractivity contribution in [1.82, 2.24) is 9.55 Å². The van der Waals surface area contributed by atoms with Crippen molar-refractivity contribution in [3.05, 3.63) is 135 Å². The number of H-pyrrole nitrogens is 1. The van der Waals surface area contributed by atoms with Crippen molar-refractivity contribution >= 4 is 34.5 Å². The van der Waals surface area contributed by atoms with Crippen LogP contribution in [0.15, 0.2) is 114 Å². The molecule has 0 fully saturated rings. The van der Waals surface area contributed by atoms with Gasteiger partial charge in [-0.2, -0.15) is 0 Å². The zero-order valence-corrected chi connectivity index (χ0v) is 19.0. The lowest BCUT2D eigenvalue weighted by Crippen LogP contribution is -2.28. The van der Waals surface area contributed by atoms with Crippen LogP contribution in [0.5, 0.6) is 0 Å². The van der Waals surface area contributed by atoms with E-state index in [9.17, 15) is 4.79 Å². The molecule has 0 atom stereocenters. The second kappa shape index (κ2) is 8.88. The van der Waals surface area contributed by atoms with Gasteiger partial charge in [-0.1, -0.05) is 78.9 Å². The molecular formula is C28H23N3OS. The summed E-state index contributed by atoms with van der Waals surface area (Å²) >= 11 is 5.70. The van der Waals surface area contributed by atoms with Crippen LogP contribution in [0.25, 0.3) is 10.9 Å². The van der Waals surface area contributed by atoms with Crippen LogP contribution < -0.4 is 10.5 Å². The van der Waals surface area contributed by atoms with Gasteiger partial charge in [0.15, 0.2) is 4.77 Å². The monoisotopic (exact) mass is 449 g/mol. The second-order valence-corrected chi connectivity index (χ2v) is 8.34. The van der Waals surface area contributed by atoms with Gasteiger partial charge in [0, 0.05) is 18.4 Å². The minimum atomic E-state index is -0.330. The molecule has 162 valence electrons. The van der Waals surface area contributed by atoms with E-state index in [0.717, 1.165) is 28.0 Å². The van der Waals surface area contributed by atoms with Gasteiger partial charge in [-0.3, -0.25) is 9.36 Å². The summed E-state index contributed by atoms with van der Waals surface area (Å²) in [5, 5.41) is 0.598. The van der Waals surface area contributed by atoms with E-state index in [2.05, 4.69) is 9.88 Å². The topological polar surface area (TPSA) is 41.0 Å². The maximum atomic E-state index is 13.9. The SMILES string of the molecule is CN(c1ccccc1)c1ccc2[nH]c(=S)n(C(c3ccccc3)c3ccccc3)c(=O)c2c1. The molecule has 0 radical (unpaired) electrons. The van der Waals surface area contributed by atoms with Crippen LogP contribution in [-0.4, -0.2) is 16.6 Å². The van der Waals surface area contributed by atoms with Crippen molar-refractivity contribution in [2.75, 3.05) is 11.9 Å². The summed E-state index contributed by atoms with van der Waals surface area (Å²) in [6.45, 7) is 0. The molecule has 0 saturated carbocycles. The molecule has 1 heterocycles. The molecule has 0 aliphatic carbocycles. The van der Waals surface area contributed by atoms with Crippen LogP contribution in [0.4, 0.5) is 11.4 Å². The number of hydrogen-bond acceptors (Lipinski definition) is 3. The number of fused-ring (bicyclic) bond motifs is 1. The van der Waals surface area contributed by atoms with Gasteiger partial charge in [-0.05, 0) is 53.7 Å². The van der Waals surface area contributed by atoms with E-state index >= 15 is 0 Å². The van der Waals surface area contributed by atoms with Crippen LogP contribution in [-0.2, 0) is 0 Å². The first-order chi connectivity index (χ1) is 16.1. The predicted molar refractivity (Wildman–Crippen MR) is 138 cm³/mol. The number of aromatic nitrogens is 2. The Bertz CT molecular complexity index is 1470. The Balaban J connectivity index is 1.72. The van der Waals surface area contributed by atoms with Crippen LogP contribution in [0.1, 0.15) is 17.2 Å². The summed E-state index contributed by atoms with van der Waals surface area (Å²) in [6.07, 6.45) is 0. The van der Waals surface area contributed by atoms with Gasteiger partial charge in [0.25, 0.3) is 5.56 Å². The lowest BCUT2D eigenvalue weighted by atomic mass is 9.98. The molecule has 0 aliphatic heterocycles. The summed E-state index contributed by atoms with van der Waals surface area (Å²) in [6, 6.07) is 35.6. The van der Waals surface area contributed by atoms with Crippen LogP contribution in [0, 0.1) is 4.77 Å². The lowest BCUT2D eigenvalue weighted by Gasteiger charge is -2.23. The summed E-state index contributed by atoms with van der Waals surface area (Å²) < 4.78 is 2.09. The van der Waals surface area contributed by atoms with Crippen molar-refractivity contribution in [2.24, 2.45) is 0 Å². The van der Waals surface area contributed by atoms with E-state index in [-0.39, 0.29) is 11.6 Å². The molecule has 5 rings (SSSR count). The number of rotatable bonds is 5. The first-order valence-electron chi connectivity index (χ1n) is 10.8. The van der Waals surface area contributed by atoms with Crippen LogP contribution in [0.3, 0.4) is 0 Å². The van der Waals surface area contributed by atoms with Gasteiger partial charge in [0.1, 0.15) is 0 Å². The van der Waals surface area contributed by atoms with E-state index < -0.39 is 0 Å². The molecule has 4 aromatic carbocycles. The fourth-order valence-corrected chi connectivity index (χ4v) is 4.52. The number of benzene rings is 4. The Kier molecular flexibility index (Phi) is 5.63. The normalized spacial score (nSPS) is 11.1. The first kappa shape index (κ1) is 20.9. The highest BCUT2D eigenvalue weighted by molar-refractivity contribution is 7.71. The molecule has 4 nitrogen and oxygen atoms in total. The number of hydrogen-bond donors (Lipinski definition) is 1. The van der Waals surface area contributed by atoms with Gasteiger partial charge in [0.05, 0.1) is 16.9 Å². The van der Waals surface area contributed by atoms with Gasteiger partial charge >= 0.3 is 0 Å². The largest absolute Gasteiger partial charge is 0.345 e. The molecule has 0 spiro atoms. The van der Waals surface area contributed by atoms with Crippen molar-refractivity contribution in [2.45, 2.75) is 6.04 Å². The zero-order valence-electron chi connectivity index (χ0n) is 18.2. The predicted octanol–water partition coefficient (Wildman–Crippen LogP) is 6.46. The van der Waals surface area contributed by atoms with Crippen molar-refractivity contribution in [3.63, 3.8) is 0 Å². The summed E-state index contributed by atoms with van der Waals surface area (Å²) in [7, 11) is 2.00. The van der Waals surface area contributed by atoms with Crippen LogP contribution >= 0.6 is 12.2 Å². The van der Waals surface area contributed by atoms with E-state index in [1.54, 1.807) is 4.57 Å². The van der Waals surface area contributed by atoms with E-state index in [4.69, 9.17) is 12.2 Å². The van der Waals surface area contributed by atoms with E-state index in [0.29, 0.717) is 10.2 Å². The van der Waals surface area contributed by atoms with Crippen molar-refractivity contribution in [3.8, 4) is 0 Å². The number of nitrogens with one attached hydrogen (secondary N) is 1. The summed E-state index contributed by atoms with van der Waals surface area (Å²) in [4.78, 5) is 19.3. The van der Waals surface area contributed by atoms with Gasteiger partial charge < -0.3 is 9.88 Å². The van der Waals surface area contributed by atoms with Crippen molar-refractivity contribution < 1.29 is 0 Å². The Morgan fingerprint density at radius 3 is 1.88 bits per heavy atom. The zero-order chi connectivity index (χ0) is 22.8. The molecular weight excluding hydrogens is 426 g/mol. The van der Waals surface area contributed by atoms with Gasteiger partial charge in [0.2, 0.25) is 0 Å².